The molecule has 25 heavy (non-hydrogen) atoms. The molecular formula is C17H13BrClN3O2S. The van der Waals surface area contributed by atoms with Crippen LogP contribution >= 0.6 is 39.3 Å². The summed E-state index contributed by atoms with van der Waals surface area (Å²) in [7, 11) is 0. The fourth-order valence-corrected chi connectivity index (χ4v) is 3.32. The number of aromatic nitrogens is 2. The summed E-state index contributed by atoms with van der Waals surface area (Å²) in [6.07, 6.45) is 0.325. The summed E-state index contributed by atoms with van der Waals surface area (Å²) >= 11 is 10.6. The summed E-state index contributed by atoms with van der Waals surface area (Å²) in [4.78, 5) is 11.9. The third kappa shape index (κ3) is 5.32. The van der Waals surface area contributed by atoms with E-state index in [1.165, 1.54) is 11.8 Å². The van der Waals surface area contributed by atoms with E-state index in [0.29, 0.717) is 34.0 Å². The van der Waals surface area contributed by atoms with E-state index in [1.54, 1.807) is 24.3 Å². The Bertz CT molecular complexity index is 888. The number of hydrogen-bond donors (Lipinski definition) is 1. The maximum atomic E-state index is 11.9. The van der Waals surface area contributed by atoms with E-state index in [0.717, 1.165) is 10.0 Å². The molecule has 1 aromatic heterocycles. The second-order valence-corrected chi connectivity index (χ2v) is 7.44. The molecular weight excluding hydrogens is 426 g/mol. The van der Waals surface area contributed by atoms with Gasteiger partial charge in [-0.2, -0.15) is 0 Å². The largest absolute Gasteiger partial charge is 0.411 e. The zero-order chi connectivity index (χ0) is 17.6. The smallest absolute Gasteiger partial charge is 0.276 e. The van der Waals surface area contributed by atoms with Crippen molar-refractivity contribution in [2.75, 3.05) is 11.1 Å². The molecule has 0 spiro atoms. The minimum absolute atomic E-state index is 0.0958. The Balaban J connectivity index is 1.50. The van der Waals surface area contributed by atoms with E-state index in [-0.39, 0.29) is 5.91 Å². The van der Waals surface area contributed by atoms with Gasteiger partial charge in [-0.3, -0.25) is 4.79 Å². The van der Waals surface area contributed by atoms with Gasteiger partial charge in [0.1, 0.15) is 0 Å². The number of thioether (sulfide) groups is 1. The SMILES string of the molecule is O=C(CCSc1nnc(-c2cccc(Br)c2)o1)Nc1cccc(Cl)c1. The molecule has 0 unspecified atom stereocenters. The van der Waals surface area contributed by atoms with E-state index < -0.39 is 0 Å². The van der Waals surface area contributed by atoms with Crippen LogP contribution in [0.15, 0.2) is 62.6 Å². The molecule has 0 aliphatic heterocycles. The predicted molar refractivity (Wildman–Crippen MR) is 103 cm³/mol. The number of nitrogens with one attached hydrogen (secondary N) is 1. The minimum atomic E-state index is -0.0958. The van der Waals surface area contributed by atoms with Gasteiger partial charge in [-0.15, -0.1) is 10.2 Å². The summed E-state index contributed by atoms with van der Waals surface area (Å²) in [6.45, 7) is 0. The average molecular weight is 439 g/mol. The van der Waals surface area contributed by atoms with Crippen LogP contribution in [0.3, 0.4) is 0 Å². The van der Waals surface area contributed by atoms with Gasteiger partial charge in [-0.25, -0.2) is 0 Å². The maximum absolute atomic E-state index is 11.9. The van der Waals surface area contributed by atoms with Gasteiger partial charge in [0.15, 0.2) is 0 Å². The van der Waals surface area contributed by atoms with Crippen molar-refractivity contribution in [1.29, 1.82) is 0 Å². The van der Waals surface area contributed by atoms with Crippen molar-refractivity contribution in [3.05, 3.63) is 58.0 Å². The molecule has 0 radical (unpaired) electrons. The second-order valence-electron chi connectivity index (χ2n) is 5.04. The number of anilines is 1. The van der Waals surface area contributed by atoms with Crippen molar-refractivity contribution in [2.24, 2.45) is 0 Å². The molecule has 128 valence electrons. The molecule has 0 aliphatic rings. The number of benzene rings is 2. The summed E-state index contributed by atoms with van der Waals surface area (Å²) in [5.74, 6) is 0.889. The van der Waals surface area contributed by atoms with Gasteiger partial charge >= 0.3 is 0 Å². The molecule has 8 heteroatoms. The van der Waals surface area contributed by atoms with Crippen LogP contribution < -0.4 is 5.32 Å². The molecule has 2 aromatic carbocycles. The summed E-state index contributed by atoms with van der Waals surface area (Å²) in [6, 6.07) is 14.7. The van der Waals surface area contributed by atoms with E-state index in [9.17, 15) is 4.79 Å². The number of rotatable bonds is 6. The highest BCUT2D eigenvalue weighted by molar-refractivity contribution is 9.10. The Kier molecular flexibility index (Phi) is 6.12. The van der Waals surface area contributed by atoms with Crippen LogP contribution in [0.5, 0.6) is 0 Å². The van der Waals surface area contributed by atoms with Gasteiger partial charge in [0.2, 0.25) is 11.8 Å². The maximum Gasteiger partial charge on any atom is 0.276 e. The lowest BCUT2D eigenvalue weighted by molar-refractivity contribution is -0.115. The molecule has 0 saturated heterocycles. The van der Waals surface area contributed by atoms with Crippen LogP contribution in [0.2, 0.25) is 5.02 Å². The van der Waals surface area contributed by atoms with Crippen molar-refractivity contribution in [3.8, 4) is 11.5 Å². The van der Waals surface area contributed by atoms with Crippen molar-refractivity contribution >= 4 is 50.9 Å². The summed E-state index contributed by atoms with van der Waals surface area (Å²) in [5.41, 5.74) is 1.52. The highest BCUT2D eigenvalue weighted by Gasteiger charge is 2.10. The molecule has 0 bridgehead atoms. The summed E-state index contributed by atoms with van der Waals surface area (Å²) in [5, 5.41) is 11.8. The quantitative estimate of drug-likeness (QED) is 0.531. The Morgan fingerprint density at radius 1 is 1.20 bits per heavy atom. The van der Waals surface area contributed by atoms with Gasteiger partial charge in [0, 0.05) is 32.9 Å². The Labute approximate surface area is 162 Å². The van der Waals surface area contributed by atoms with E-state index >= 15 is 0 Å². The van der Waals surface area contributed by atoms with Crippen molar-refractivity contribution in [1.82, 2.24) is 10.2 Å². The first kappa shape index (κ1) is 18.0. The number of nitrogens with zero attached hydrogens (tertiary/aromatic N) is 2. The number of amides is 1. The lowest BCUT2D eigenvalue weighted by atomic mass is 10.2. The molecule has 0 atom stereocenters. The van der Waals surface area contributed by atoms with Crippen molar-refractivity contribution < 1.29 is 9.21 Å². The van der Waals surface area contributed by atoms with Crippen LogP contribution in [-0.2, 0) is 4.79 Å². The molecule has 3 rings (SSSR count). The second kappa shape index (κ2) is 8.51. The molecule has 5 nitrogen and oxygen atoms in total. The highest BCUT2D eigenvalue weighted by atomic mass is 79.9. The van der Waals surface area contributed by atoms with Crippen LogP contribution in [-0.4, -0.2) is 21.9 Å². The molecule has 1 amide bonds. The van der Waals surface area contributed by atoms with Gasteiger partial charge in [0.05, 0.1) is 0 Å². The monoisotopic (exact) mass is 437 g/mol. The van der Waals surface area contributed by atoms with Crippen LogP contribution in [0.4, 0.5) is 5.69 Å². The van der Waals surface area contributed by atoms with Crippen LogP contribution in [0.25, 0.3) is 11.5 Å². The normalized spacial score (nSPS) is 10.6. The Morgan fingerprint density at radius 3 is 2.84 bits per heavy atom. The Morgan fingerprint density at radius 2 is 2.04 bits per heavy atom. The lowest BCUT2D eigenvalue weighted by Crippen LogP contribution is -2.12. The lowest BCUT2D eigenvalue weighted by Gasteiger charge is -2.04. The number of carbonyl (C=O) groups is 1. The first-order chi connectivity index (χ1) is 12.1. The summed E-state index contributed by atoms with van der Waals surface area (Å²) < 4.78 is 6.55. The Hall–Kier alpha value is -1.83. The third-order valence-corrected chi connectivity index (χ3v) is 4.69. The fraction of sp³-hybridized carbons (Fsp3) is 0.118. The standard InChI is InChI=1S/C17H13BrClN3O2S/c18-12-4-1-3-11(9-12)16-21-22-17(24-16)25-8-7-15(23)20-14-6-2-5-13(19)10-14/h1-6,9-10H,7-8H2,(H,20,23). The number of hydrogen-bond acceptors (Lipinski definition) is 5. The zero-order valence-electron chi connectivity index (χ0n) is 12.9. The molecule has 0 aliphatic carbocycles. The van der Waals surface area contributed by atoms with Gasteiger partial charge in [-0.1, -0.05) is 51.4 Å². The molecule has 3 aromatic rings. The fourth-order valence-electron chi connectivity index (χ4n) is 2.03. The molecule has 0 fully saturated rings. The first-order valence-electron chi connectivity index (χ1n) is 7.38. The number of carbonyl (C=O) groups excluding carboxylic acids is 1. The predicted octanol–water partition coefficient (Wildman–Crippen LogP) is 5.27. The molecule has 0 saturated carbocycles. The topological polar surface area (TPSA) is 68.0 Å². The third-order valence-electron chi connectivity index (χ3n) is 3.14. The first-order valence-corrected chi connectivity index (χ1v) is 9.53. The average Bonchev–Trinajstić information content (AvgIpc) is 3.04. The minimum Gasteiger partial charge on any atom is -0.411 e. The molecule has 1 heterocycles. The van der Waals surface area contributed by atoms with E-state index in [1.807, 2.05) is 24.3 Å². The van der Waals surface area contributed by atoms with Gasteiger partial charge in [-0.05, 0) is 36.4 Å². The van der Waals surface area contributed by atoms with E-state index in [2.05, 4.69) is 31.4 Å². The van der Waals surface area contributed by atoms with Gasteiger partial charge < -0.3 is 9.73 Å². The van der Waals surface area contributed by atoms with Crippen molar-refractivity contribution in [2.45, 2.75) is 11.6 Å². The zero-order valence-corrected chi connectivity index (χ0v) is 16.1. The van der Waals surface area contributed by atoms with Crippen LogP contribution in [0, 0.1) is 0 Å². The van der Waals surface area contributed by atoms with Crippen LogP contribution in [0.1, 0.15) is 6.42 Å². The van der Waals surface area contributed by atoms with E-state index in [4.69, 9.17) is 16.0 Å². The molecule has 1 N–H and O–H groups in total. The van der Waals surface area contributed by atoms with Crippen molar-refractivity contribution in [3.63, 3.8) is 0 Å². The number of halogens is 2. The van der Waals surface area contributed by atoms with Gasteiger partial charge in [0.25, 0.3) is 5.22 Å². The highest BCUT2D eigenvalue weighted by Crippen LogP contribution is 2.25.